The number of hydrogen-bond acceptors (Lipinski definition) is 5. The molecule has 0 fully saturated rings. The van der Waals surface area contributed by atoms with Crippen LogP contribution in [0.15, 0.2) is 64.0 Å². The number of aliphatic imine (C=N–C) groups is 1. The van der Waals surface area contributed by atoms with Crippen molar-refractivity contribution in [3.05, 3.63) is 59.0 Å². The lowest BCUT2D eigenvalue weighted by Gasteiger charge is -2.39. The SMILES string of the molecule is C=C[C@@](C)(CCC=C(C)C)C1=CC2=C3C(=CN=C3C1)C[C@@H](COC(C)=O)NC[C@H](C(C)C)N2C. The van der Waals surface area contributed by atoms with Crippen molar-refractivity contribution in [3.63, 3.8) is 0 Å². The normalized spacial score (nSPS) is 24.1. The highest BCUT2D eigenvalue weighted by Crippen LogP contribution is 2.44. The molecule has 1 aliphatic carbocycles. The molecule has 3 rings (SSSR count). The molecule has 0 radical (unpaired) electrons. The first kappa shape index (κ1) is 26.2. The maximum atomic E-state index is 11.5. The molecule has 186 valence electrons. The molecule has 5 heteroatoms. The summed E-state index contributed by atoms with van der Waals surface area (Å²) in [5, 5.41) is 3.68. The molecule has 2 aliphatic heterocycles. The van der Waals surface area contributed by atoms with Gasteiger partial charge in [-0.15, -0.1) is 6.58 Å². The minimum absolute atomic E-state index is 0.0686. The third-order valence-corrected chi connectivity index (χ3v) is 7.53. The van der Waals surface area contributed by atoms with Gasteiger partial charge in [0, 0.05) is 61.9 Å². The molecule has 3 atom stereocenters. The Kier molecular flexibility index (Phi) is 8.40. The number of hydrogen-bond donors (Lipinski definition) is 1. The zero-order valence-corrected chi connectivity index (χ0v) is 22.2. The maximum absolute atomic E-state index is 11.5. The number of carbonyl (C=O) groups is 1. The van der Waals surface area contributed by atoms with Gasteiger partial charge in [0.2, 0.25) is 0 Å². The predicted octanol–water partition coefficient (Wildman–Crippen LogP) is 5.73. The van der Waals surface area contributed by atoms with Crippen LogP contribution >= 0.6 is 0 Å². The van der Waals surface area contributed by atoms with Crippen LogP contribution in [0.4, 0.5) is 0 Å². The molecule has 0 saturated heterocycles. The molecule has 0 unspecified atom stereocenters. The van der Waals surface area contributed by atoms with Gasteiger partial charge in [-0.05, 0) is 50.7 Å². The molecular weight excluding hydrogens is 422 g/mol. The van der Waals surface area contributed by atoms with Gasteiger partial charge in [0.05, 0.1) is 5.71 Å². The average Bonchev–Trinajstić information content (AvgIpc) is 3.19. The van der Waals surface area contributed by atoms with E-state index in [0.29, 0.717) is 18.6 Å². The number of allylic oxidation sites excluding steroid dienone is 6. The Morgan fingerprint density at radius 3 is 2.74 bits per heavy atom. The minimum Gasteiger partial charge on any atom is -0.464 e. The van der Waals surface area contributed by atoms with Gasteiger partial charge in [-0.1, -0.05) is 44.1 Å². The van der Waals surface area contributed by atoms with E-state index >= 15 is 0 Å². The smallest absolute Gasteiger partial charge is 0.302 e. The lowest BCUT2D eigenvalue weighted by atomic mass is 9.72. The van der Waals surface area contributed by atoms with Gasteiger partial charge >= 0.3 is 5.97 Å². The molecule has 3 aliphatic rings. The van der Waals surface area contributed by atoms with Crippen LogP contribution in [0.2, 0.25) is 0 Å². The Labute approximate surface area is 206 Å². The number of nitrogens with one attached hydrogen (secondary N) is 1. The summed E-state index contributed by atoms with van der Waals surface area (Å²) in [5.74, 6) is 0.216. The topological polar surface area (TPSA) is 53.9 Å². The summed E-state index contributed by atoms with van der Waals surface area (Å²) >= 11 is 0. The van der Waals surface area contributed by atoms with E-state index in [1.54, 1.807) is 0 Å². The van der Waals surface area contributed by atoms with E-state index in [9.17, 15) is 4.79 Å². The van der Waals surface area contributed by atoms with Crippen molar-refractivity contribution in [2.24, 2.45) is 16.3 Å². The van der Waals surface area contributed by atoms with Gasteiger partial charge in [0.15, 0.2) is 0 Å². The summed E-state index contributed by atoms with van der Waals surface area (Å²) in [6, 6.07) is 0.374. The molecule has 0 aromatic heterocycles. The zero-order chi connectivity index (χ0) is 25.0. The minimum atomic E-state index is -0.237. The summed E-state index contributed by atoms with van der Waals surface area (Å²) in [7, 11) is 2.21. The van der Waals surface area contributed by atoms with Crippen LogP contribution in [0.5, 0.6) is 0 Å². The van der Waals surface area contributed by atoms with Crippen LogP contribution in [0.1, 0.15) is 67.2 Å². The van der Waals surface area contributed by atoms with E-state index < -0.39 is 0 Å². The van der Waals surface area contributed by atoms with Gasteiger partial charge in [-0.3, -0.25) is 9.79 Å². The van der Waals surface area contributed by atoms with Gasteiger partial charge in [-0.2, -0.15) is 0 Å². The Hall–Kier alpha value is -2.40. The van der Waals surface area contributed by atoms with Crippen LogP contribution in [0.3, 0.4) is 0 Å². The second-order valence-corrected chi connectivity index (χ2v) is 10.8. The second kappa shape index (κ2) is 10.9. The van der Waals surface area contributed by atoms with Crippen molar-refractivity contribution in [1.82, 2.24) is 10.2 Å². The fraction of sp³-hybridized carbons (Fsp3) is 0.586. The first-order valence-electron chi connectivity index (χ1n) is 12.6. The van der Waals surface area contributed by atoms with Gasteiger partial charge in [-0.25, -0.2) is 0 Å². The Balaban J connectivity index is 2.02. The van der Waals surface area contributed by atoms with E-state index in [2.05, 4.69) is 76.7 Å². The fourth-order valence-electron chi connectivity index (χ4n) is 5.20. The monoisotopic (exact) mass is 465 g/mol. The van der Waals surface area contributed by atoms with Gasteiger partial charge < -0.3 is 15.0 Å². The molecule has 0 spiro atoms. The number of likely N-dealkylation sites (N-methyl/N-ethyl adjacent to an activating group) is 1. The lowest BCUT2D eigenvalue weighted by Crippen LogP contribution is -2.46. The molecule has 0 bridgehead atoms. The highest BCUT2D eigenvalue weighted by atomic mass is 16.5. The molecule has 0 aromatic rings. The first-order chi connectivity index (χ1) is 16.1. The Bertz CT molecular complexity index is 962. The summed E-state index contributed by atoms with van der Waals surface area (Å²) in [5.41, 5.74) is 7.56. The van der Waals surface area contributed by atoms with Crippen molar-refractivity contribution in [2.45, 2.75) is 79.3 Å². The fourth-order valence-corrected chi connectivity index (χ4v) is 5.20. The largest absolute Gasteiger partial charge is 0.464 e. The molecule has 2 heterocycles. The van der Waals surface area contributed by atoms with Crippen LogP contribution in [0.25, 0.3) is 0 Å². The Morgan fingerprint density at radius 2 is 2.12 bits per heavy atom. The summed E-state index contributed by atoms with van der Waals surface area (Å²) in [6.07, 6.45) is 12.6. The zero-order valence-electron chi connectivity index (χ0n) is 22.2. The first-order valence-corrected chi connectivity index (χ1v) is 12.6. The van der Waals surface area contributed by atoms with E-state index in [0.717, 1.165) is 37.9 Å². The number of ether oxygens (including phenoxy) is 1. The van der Waals surface area contributed by atoms with Crippen molar-refractivity contribution < 1.29 is 9.53 Å². The number of esters is 1. The van der Waals surface area contributed by atoms with E-state index in [-0.39, 0.29) is 17.4 Å². The summed E-state index contributed by atoms with van der Waals surface area (Å²) in [4.78, 5) is 18.8. The van der Waals surface area contributed by atoms with Gasteiger partial charge in [0.25, 0.3) is 0 Å². The van der Waals surface area contributed by atoms with Crippen LogP contribution in [-0.2, 0) is 9.53 Å². The predicted molar refractivity (Wildman–Crippen MR) is 142 cm³/mol. The molecule has 0 saturated carbocycles. The summed E-state index contributed by atoms with van der Waals surface area (Å²) < 4.78 is 5.39. The average molecular weight is 466 g/mol. The highest BCUT2D eigenvalue weighted by molar-refractivity contribution is 6.09. The summed E-state index contributed by atoms with van der Waals surface area (Å²) in [6.45, 7) is 18.1. The second-order valence-electron chi connectivity index (χ2n) is 10.8. The Morgan fingerprint density at radius 1 is 1.38 bits per heavy atom. The van der Waals surface area contributed by atoms with Crippen LogP contribution in [-0.4, -0.2) is 48.9 Å². The molecule has 5 nitrogen and oxygen atoms in total. The number of nitrogens with zero attached hydrogens (tertiary/aromatic N) is 2. The van der Waals surface area contributed by atoms with E-state index in [4.69, 9.17) is 9.73 Å². The van der Waals surface area contributed by atoms with Crippen LogP contribution in [0, 0.1) is 11.3 Å². The molecule has 1 N–H and O–H groups in total. The van der Waals surface area contributed by atoms with Crippen molar-refractivity contribution in [3.8, 4) is 0 Å². The number of carbonyl (C=O) groups excluding carboxylic acids is 1. The maximum Gasteiger partial charge on any atom is 0.302 e. The van der Waals surface area contributed by atoms with Crippen LogP contribution < -0.4 is 5.32 Å². The highest BCUT2D eigenvalue weighted by Gasteiger charge is 2.37. The van der Waals surface area contributed by atoms with E-state index in [1.807, 2.05) is 6.20 Å². The third kappa shape index (κ3) is 5.80. The van der Waals surface area contributed by atoms with E-state index in [1.165, 1.54) is 34.9 Å². The number of rotatable bonds is 8. The lowest BCUT2D eigenvalue weighted by molar-refractivity contribution is -0.141. The molecule has 0 amide bonds. The van der Waals surface area contributed by atoms with Crippen molar-refractivity contribution >= 4 is 11.7 Å². The molecular formula is C29H43N3O2. The molecule has 34 heavy (non-hydrogen) atoms. The van der Waals surface area contributed by atoms with Crippen molar-refractivity contribution in [2.75, 3.05) is 20.2 Å². The third-order valence-electron chi connectivity index (χ3n) is 7.53. The van der Waals surface area contributed by atoms with Crippen molar-refractivity contribution in [1.29, 1.82) is 0 Å². The standard InChI is InChI=1S/C29H43N3O2/c1-9-29(7,12-10-11-19(2)3)23-14-25-28-22(16-31-25)13-24(18-34-21(6)33)30-17-27(20(4)5)32(8)26(28)15-23/h9,11,15-16,20,24,27,30H,1,10,12-14,17-18H2,2-8H3/t24-,27+,29-/m0/s1. The quantitative estimate of drug-likeness (QED) is 0.367. The van der Waals surface area contributed by atoms with Gasteiger partial charge in [0.1, 0.15) is 6.61 Å². The molecule has 0 aromatic carbocycles.